The molecule has 2 aliphatic rings. The fourth-order valence-corrected chi connectivity index (χ4v) is 5.12. The van der Waals surface area contributed by atoms with Crippen LogP contribution in [0.3, 0.4) is 0 Å². The van der Waals surface area contributed by atoms with E-state index in [1.807, 2.05) is 18.2 Å². The molecule has 1 atom stereocenters. The molecular weight excluding hydrogens is 486 g/mol. The first kappa shape index (κ1) is 19.8. The normalized spacial score (nSPS) is 21.5. The lowest BCUT2D eigenvalue weighted by atomic mass is 10.1. The van der Waals surface area contributed by atoms with E-state index < -0.39 is 0 Å². The summed E-state index contributed by atoms with van der Waals surface area (Å²) >= 11 is 6.88. The molecule has 0 N–H and O–H groups in total. The Hall–Kier alpha value is -1.54. The number of imide groups is 1. The van der Waals surface area contributed by atoms with Crippen LogP contribution in [-0.2, 0) is 16.1 Å². The third-order valence-electron chi connectivity index (χ3n) is 5.37. The molecule has 2 amide bonds. The van der Waals surface area contributed by atoms with Crippen LogP contribution in [0.1, 0.15) is 12.0 Å². The predicted molar refractivity (Wildman–Crippen MR) is 116 cm³/mol. The average molecular weight is 507 g/mol. The molecule has 0 saturated carbocycles. The van der Waals surface area contributed by atoms with Crippen LogP contribution in [0.15, 0.2) is 57.5 Å². The zero-order chi connectivity index (χ0) is 19.7. The first-order valence-electron chi connectivity index (χ1n) is 9.35. The molecule has 2 aliphatic heterocycles. The SMILES string of the molecule is O=C1C[C@@H](N2CCN(Cc3ccccc3)CC2)C(=O)N1c1ccc(Br)cc1Br. The summed E-state index contributed by atoms with van der Waals surface area (Å²) in [7, 11) is 0. The third-order valence-corrected chi connectivity index (χ3v) is 6.50. The number of halogens is 2. The number of piperazine rings is 1. The van der Waals surface area contributed by atoms with Crippen molar-refractivity contribution in [2.45, 2.75) is 19.0 Å². The summed E-state index contributed by atoms with van der Waals surface area (Å²) < 4.78 is 1.63. The zero-order valence-corrected chi connectivity index (χ0v) is 18.5. The molecule has 2 fully saturated rings. The minimum absolute atomic E-state index is 0.121. The predicted octanol–water partition coefficient (Wildman–Crippen LogP) is 3.66. The van der Waals surface area contributed by atoms with E-state index in [1.165, 1.54) is 10.5 Å². The fraction of sp³-hybridized carbons (Fsp3) is 0.333. The molecule has 0 bridgehead atoms. The van der Waals surface area contributed by atoms with Gasteiger partial charge in [-0.25, -0.2) is 4.90 Å². The molecule has 4 rings (SSSR count). The van der Waals surface area contributed by atoms with Crippen LogP contribution in [-0.4, -0.2) is 53.8 Å². The third kappa shape index (κ3) is 4.08. The van der Waals surface area contributed by atoms with E-state index >= 15 is 0 Å². The van der Waals surface area contributed by atoms with Gasteiger partial charge in [0.25, 0.3) is 5.91 Å². The van der Waals surface area contributed by atoms with Crippen molar-refractivity contribution >= 4 is 49.4 Å². The molecule has 0 radical (unpaired) electrons. The highest BCUT2D eigenvalue weighted by molar-refractivity contribution is 9.11. The van der Waals surface area contributed by atoms with Crippen LogP contribution >= 0.6 is 31.9 Å². The van der Waals surface area contributed by atoms with Crippen LogP contribution in [0.4, 0.5) is 5.69 Å². The Morgan fingerprint density at radius 2 is 1.64 bits per heavy atom. The summed E-state index contributed by atoms with van der Waals surface area (Å²) in [4.78, 5) is 31.5. The van der Waals surface area contributed by atoms with Gasteiger partial charge in [0.05, 0.1) is 18.2 Å². The molecule has 5 nitrogen and oxygen atoms in total. The lowest BCUT2D eigenvalue weighted by Gasteiger charge is -2.37. The lowest BCUT2D eigenvalue weighted by Crippen LogP contribution is -2.52. The number of rotatable bonds is 4. The van der Waals surface area contributed by atoms with E-state index in [0.717, 1.165) is 41.7 Å². The Bertz CT molecular complexity index is 882. The largest absolute Gasteiger partial charge is 0.297 e. The molecule has 2 saturated heterocycles. The van der Waals surface area contributed by atoms with Gasteiger partial charge in [0.2, 0.25) is 5.91 Å². The van der Waals surface area contributed by atoms with Crippen LogP contribution < -0.4 is 4.90 Å². The Morgan fingerprint density at radius 3 is 2.32 bits per heavy atom. The van der Waals surface area contributed by atoms with Crippen molar-refractivity contribution in [2.75, 3.05) is 31.1 Å². The number of nitrogens with zero attached hydrogens (tertiary/aromatic N) is 3. The second kappa shape index (κ2) is 8.45. The number of amides is 2. The van der Waals surface area contributed by atoms with Crippen LogP contribution in [0.5, 0.6) is 0 Å². The first-order valence-corrected chi connectivity index (χ1v) is 10.9. The molecule has 2 aromatic carbocycles. The molecular formula is C21H21Br2N3O2. The summed E-state index contributed by atoms with van der Waals surface area (Å²) in [5, 5.41) is 0. The van der Waals surface area contributed by atoms with Crippen molar-refractivity contribution in [1.82, 2.24) is 9.80 Å². The van der Waals surface area contributed by atoms with Crippen molar-refractivity contribution < 1.29 is 9.59 Å². The fourth-order valence-electron chi connectivity index (χ4n) is 3.89. The second-order valence-electron chi connectivity index (χ2n) is 7.18. The van der Waals surface area contributed by atoms with Gasteiger partial charge in [-0.05, 0) is 39.7 Å². The van der Waals surface area contributed by atoms with Gasteiger partial charge in [0.15, 0.2) is 0 Å². The molecule has 2 heterocycles. The summed E-state index contributed by atoms with van der Waals surface area (Å²) in [6, 6.07) is 15.6. The summed E-state index contributed by atoms with van der Waals surface area (Å²) in [5.41, 5.74) is 1.91. The van der Waals surface area contributed by atoms with E-state index in [2.05, 4.69) is 65.9 Å². The van der Waals surface area contributed by atoms with Gasteiger partial charge < -0.3 is 0 Å². The van der Waals surface area contributed by atoms with Crippen molar-refractivity contribution in [3.8, 4) is 0 Å². The van der Waals surface area contributed by atoms with E-state index in [-0.39, 0.29) is 24.3 Å². The van der Waals surface area contributed by atoms with E-state index in [1.54, 1.807) is 6.07 Å². The number of carbonyl (C=O) groups is 2. The van der Waals surface area contributed by atoms with Gasteiger partial charge in [-0.3, -0.25) is 19.4 Å². The Kier molecular flexibility index (Phi) is 5.96. The van der Waals surface area contributed by atoms with Crippen molar-refractivity contribution in [1.29, 1.82) is 0 Å². The van der Waals surface area contributed by atoms with Gasteiger partial charge in [-0.2, -0.15) is 0 Å². The van der Waals surface area contributed by atoms with Gasteiger partial charge >= 0.3 is 0 Å². The molecule has 2 aromatic rings. The number of benzene rings is 2. The minimum atomic E-state index is -0.359. The lowest BCUT2D eigenvalue weighted by molar-refractivity contribution is -0.123. The van der Waals surface area contributed by atoms with E-state index in [0.29, 0.717) is 5.69 Å². The minimum Gasteiger partial charge on any atom is -0.297 e. The molecule has 0 aliphatic carbocycles. The summed E-state index contributed by atoms with van der Waals surface area (Å²) in [5.74, 6) is -0.255. The van der Waals surface area contributed by atoms with Crippen molar-refractivity contribution in [3.05, 3.63) is 63.0 Å². The van der Waals surface area contributed by atoms with Crippen molar-refractivity contribution in [3.63, 3.8) is 0 Å². The van der Waals surface area contributed by atoms with Gasteiger partial charge in [0.1, 0.15) is 0 Å². The molecule has 7 heteroatoms. The van der Waals surface area contributed by atoms with Crippen LogP contribution in [0.25, 0.3) is 0 Å². The molecule has 0 spiro atoms. The molecule has 0 unspecified atom stereocenters. The number of hydrogen-bond donors (Lipinski definition) is 0. The zero-order valence-electron chi connectivity index (χ0n) is 15.4. The maximum Gasteiger partial charge on any atom is 0.251 e. The molecule has 146 valence electrons. The Labute approximate surface area is 181 Å². The maximum atomic E-state index is 13.0. The quantitative estimate of drug-likeness (QED) is 0.593. The molecule has 0 aromatic heterocycles. The summed E-state index contributed by atoms with van der Waals surface area (Å²) in [6.07, 6.45) is 0.250. The van der Waals surface area contributed by atoms with Gasteiger partial charge in [-0.15, -0.1) is 0 Å². The van der Waals surface area contributed by atoms with Gasteiger partial charge in [0, 0.05) is 41.7 Å². The summed E-state index contributed by atoms with van der Waals surface area (Å²) in [6.45, 7) is 4.31. The monoisotopic (exact) mass is 505 g/mol. The maximum absolute atomic E-state index is 13.0. The highest BCUT2D eigenvalue weighted by Gasteiger charge is 2.43. The Morgan fingerprint density at radius 1 is 0.929 bits per heavy atom. The number of hydrogen-bond acceptors (Lipinski definition) is 4. The highest BCUT2D eigenvalue weighted by atomic mass is 79.9. The average Bonchev–Trinajstić information content (AvgIpc) is 2.98. The van der Waals surface area contributed by atoms with Gasteiger partial charge in [-0.1, -0.05) is 46.3 Å². The standard InChI is InChI=1S/C21H21Br2N3O2/c22-16-6-7-18(17(23)12-16)26-20(27)13-19(21(26)28)25-10-8-24(9-11-25)14-15-4-2-1-3-5-15/h1-7,12,19H,8-11,13-14H2/t19-/m1/s1. The van der Waals surface area contributed by atoms with Crippen molar-refractivity contribution in [2.24, 2.45) is 0 Å². The van der Waals surface area contributed by atoms with E-state index in [4.69, 9.17) is 0 Å². The number of anilines is 1. The molecule has 28 heavy (non-hydrogen) atoms. The Balaban J connectivity index is 1.41. The second-order valence-corrected chi connectivity index (χ2v) is 8.95. The van der Waals surface area contributed by atoms with Crippen LogP contribution in [0, 0.1) is 0 Å². The highest BCUT2D eigenvalue weighted by Crippen LogP contribution is 2.34. The first-order chi connectivity index (χ1) is 13.5. The number of carbonyl (C=O) groups excluding carboxylic acids is 2. The topological polar surface area (TPSA) is 43.9 Å². The smallest absolute Gasteiger partial charge is 0.251 e. The van der Waals surface area contributed by atoms with Crippen LogP contribution in [0.2, 0.25) is 0 Å². The van der Waals surface area contributed by atoms with E-state index in [9.17, 15) is 9.59 Å².